The van der Waals surface area contributed by atoms with Crippen LogP contribution in [0, 0.1) is 23.7 Å². The summed E-state index contributed by atoms with van der Waals surface area (Å²) in [6.07, 6.45) is 4.09. The highest BCUT2D eigenvalue weighted by molar-refractivity contribution is 5.95. The van der Waals surface area contributed by atoms with Crippen LogP contribution in [-0.2, 0) is 19.1 Å². The van der Waals surface area contributed by atoms with Gasteiger partial charge in [-0.3, -0.25) is 14.4 Å². The summed E-state index contributed by atoms with van der Waals surface area (Å²) in [5, 5.41) is 14.6. The molecule has 1 aromatic carbocycles. The molecular weight excluding hydrogens is 450 g/mol. The van der Waals surface area contributed by atoms with Gasteiger partial charge in [0.15, 0.2) is 0 Å². The Morgan fingerprint density at radius 2 is 1.74 bits per heavy atom. The topological polar surface area (TPSA) is 155 Å². The number of benzene rings is 1. The van der Waals surface area contributed by atoms with Crippen LogP contribution in [0.25, 0.3) is 0 Å². The number of primary amides is 1. The molecule has 0 saturated carbocycles. The van der Waals surface area contributed by atoms with Gasteiger partial charge in [-0.25, -0.2) is 4.79 Å². The molecule has 0 radical (unpaired) electrons. The van der Waals surface area contributed by atoms with Crippen molar-refractivity contribution in [3.63, 3.8) is 0 Å². The first kappa shape index (κ1) is 29.0. The molecule has 0 bridgehead atoms. The molecule has 10 heteroatoms. The van der Waals surface area contributed by atoms with Crippen molar-refractivity contribution in [1.29, 1.82) is 5.26 Å². The molecule has 10 nitrogen and oxygen atoms in total. The minimum Gasteiger partial charge on any atom is -0.444 e. The van der Waals surface area contributed by atoms with E-state index in [4.69, 9.17) is 16.9 Å². The van der Waals surface area contributed by atoms with Crippen molar-refractivity contribution in [2.24, 2.45) is 5.73 Å². The van der Waals surface area contributed by atoms with Crippen LogP contribution in [0.15, 0.2) is 24.3 Å². The molecule has 0 heterocycles. The average molecular weight is 484 g/mol. The summed E-state index contributed by atoms with van der Waals surface area (Å²) in [7, 11) is 0. The van der Waals surface area contributed by atoms with Gasteiger partial charge >= 0.3 is 6.09 Å². The quantitative estimate of drug-likeness (QED) is 0.378. The lowest BCUT2D eigenvalue weighted by molar-refractivity contribution is -0.143. The molecule has 1 rings (SSSR count). The van der Waals surface area contributed by atoms with Crippen LogP contribution in [-0.4, -0.2) is 52.4 Å². The highest BCUT2D eigenvalue weighted by Gasteiger charge is 2.38. The van der Waals surface area contributed by atoms with Gasteiger partial charge in [0.25, 0.3) is 0 Å². The number of amides is 4. The van der Waals surface area contributed by atoms with Crippen LogP contribution in [0.1, 0.15) is 65.1 Å². The van der Waals surface area contributed by atoms with E-state index in [1.54, 1.807) is 65.8 Å². The highest BCUT2D eigenvalue weighted by Crippen LogP contribution is 2.26. The molecule has 1 aromatic rings. The van der Waals surface area contributed by atoms with Crippen molar-refractivity contribution < 1.29 is 23.9 Å². The summed E-state index contributed by atoms with van der Waals surface area (Å²) < 4.78 is 5.19. The van der Waals surface area contributed by atoms with Crippen molar-refractivity contribution in [2.45, 2.75) is 71.2 Å². The first-order valence-corrected chi connectivity index (χ1v) is 10.9. The monoisotopic (exact) mass is 483 g/mol. The number of nitriles is 1. The number of ether oxygens (including phenoxy) is 1. The van der Waals surface area contributed by atoms with Gasteiger partial charge in [0.2, 0.25) is 17.7 Å². The number of alkyl carbamates (subject to hydrolysis) is 1. The third-order valence-electron chi connectivity index (χ3n) is 4.39. The lowest BCUT2D eigenvalue weighted by Crippen LogP contribution is -2.55. The van der Waals surface area contributed by atoms with E-state index in [0.717, 1.165) is 4.90 Å². The van der Waals surface area contributed by atoms with Crippen LogP contribution in [0.4, 0.5) is 4.79 Å². The second-order valence-electron chi connectivity index (χ2n) is 9.87. The normalized spacial score (nSPS) is 12.8. The Morgan fingerprint density at radius 1 is 1.14 bits per heavy atom. The molecule has 4 amide bonds. The van der Waals surface area contributed by atoms with Gasteiger partial charge in [0.1, 0.15) is 24.2 Å². The van der Waals surface area contributed by atoms with Crippen molar-refractivity contribution in [3.8, 4) is 18.4 Å². The summed E-state index contributed by atoms with van der Waals surface area (Å²) in [6, 6.07) is 5.54. The molecule has 35 heavy (non-hydrogen) atoms. The number of hydrogen-bond acceptors (Lipinski definition) is 6. The summed E-state index contributed by atoms with van der Waals surface area (Å²) in [5.74, 6) is 0.130. The maximum absolute atomic E-state index is 13.6. The molecule has 0 aliphatic carbocycles. The van der Waals surface area contributed by atoms with E-state index in [1.807, 2.05) is 6.07 Å². The second kappa shape index (κ2) is 11.9. The maximum atomic E-state index is 13.6. The molecule has 188 valence electrons. The van der Waals surface area contributed by atoms with Gasteiger partial charge < -0.3 is 26.0 Å². The first-order valence-electron chi connectivity index (χ1n) is 10.9. The second-order valence-corrected chi connectivity index (χ2v) is 9.87. The molecule has 0 aromatic heterocycles. The molecule has 0 aliphatic rings. The average Bonchev–Trinajstić information content (AvgIpc) is 2.69. The number of nitrogens with two attached hydrogens (primary N) is 1. The van der Waals surface area contributed by atoms with Crippen molar-refractivity contribution in [2.75, 3.05) is 6.54 Å². The molecule has 2 unspecified atom stereocenters. The molecule has 2 atom stereocenters. The number of carbonyl (C=O) groups is 4. The largest absolute Gasteiger partial charge is 0.444 e. The van der Waals surface area contributed by atoms with Gasteiger partial charge in [0.05, 0.1) is 12.5 Å². The number of terminal acetylenes is 1. The third-order valence-corrected chi connectivity index (χ3v) is 4.39. The molecule has 0 fully saturated rings. The number of nitrogens with zero attached hydrogens (tertiary/aromatic N) is 2. The van der Waals surface area contributed by atoms with Crippen molar-refractivity contribution in [1.82, 2.24) is 15.5 Å². The fourth-order valence-electron chi connectivity index (χ4n) is 3.18. The summed E-state index contributed by atoms with van der Waals surface area (Å²) in [5.41, 5.74) is 4.39. The Bertz CT molecular complexity index is 1040. The number of carbonyl (C=O) groups excluding carboxylic acids is 4. The summed E-state index contributed by atoms with van der Waals surface area (Å²) >= 11 is 0. The van der Waals surface area contributed by atoms with Gasteiger partial charge in [-0.15, -0.1) is 6.42 Å². The highest BCUT2D eigenvalue weighted by atomic mass is 16.6. The Labute approximate surface area is 206 Å². The van der Waals surface area contributed by atoms with E-state index < -0.39 is 60.0 Å². The fourth-order valence-corrected chi connectivity index (χ4v) is 3.18. The molecule has 4 N–H and O–H groups in total. The van der Waals surface area contributed by atoms with Crippen molar-refractivity contribution in [3.05, 3.63) is 35.4 Å². The number of nitrogens with one attached hydrogen (secondary N) is 2. The van der Waals surface area contributed by atoms with Gasteiger partial charge in [-0.1, -0.05) is 24.1 Å². The van der Waals surface area contributed by atoms with Crippen molar-refractivity contribution >= 4 is 23.8 Å². The molecular formula is C25H33N5O5. The molecule has 0 saturated heterocycles. The number of hydrogen-bond donors (Lipinski definition) is 3. The Kier molecular flexibility index (Phi) is 9.84. The van der Waals surface area contributed by atoms with Crippen LogP contribution in [0.3, 0.4) is 0 Å². The Morgan fingerprint density at radius 3 is 2.23 bits per heavy atom. The SMILES string of the molecule is C#Cc1ccccc1C(C(=O)NC(C)(C)C)N(CC#N)C(=O)C(CC(N)=O)NC(=O)OC(C)(C)C. The van der Waals surface area contributed by atoms with Crippen LogP contribution < -0.4 is 16.4 Å². The Hall–Kier alpha value is -4.05. The predicted octanol–water partition coefficient (Wildman–Crippen LogP) is 1.74. The lowest BCUT2D eigenvalue weighted by atomic mass is 9.96. The van der Waals surface area contributed by atoms with Crippen LogP contribution in [0.2, 0.25) is 0 Å². The van der Waals surface area contributed by atoms with Crippen LogP contribution >= 0.6 is 0 Å². The zero-order chi connectivity index (χ0) is 27.0. The molecule has 0 spiro atoms. The minimum atomic E-state index is -1.49. The summed E-state index contributed by atoms with van der Waals surface area (Å²) in [6.45, 7) is 9.61. The van der Waals surface area contributed by atoms with Gasteiger partial charge in [0, 0.05) is 11.1 Å². The van der Waals surface area contributed by atoms with Crippen LogP contribution in [0.5, 0.6) is 0 Å². The maximum Gasteiger partial charge on any atom is 0.408 e. The number of rotatable bonds is 8. The smallest absolute Gasteiger partial charge is 0.408 e. The zero-order valence-electron chi connectivity index (χ0n) is 21.0. The van der Waals surface area contributed by atoms with E-state index in [1.165, 1.54) is 0 Å². The zero-order valence-corrected chi connectivity index (χ0v) is 21.0. The van der Waals surface area contributed by atoms with E-state index in [2.05, 4.69) is 16.6 Å². The van der Waals surface area contributed by atoms with E-state index in [-0.39, 0.29) is 0 Å². The van der Waals surface area contributed by atoms with Gasteiger partial charge in [-0.05, 0) is 53.2 Å². The Balaban J connectivity index is 3.58. The first-order chi connectivity index (χ1) is 16.1. The lowest BCUT2D eigenvalue weighted by Gasteiger charge is -2.34. The fraction of sp³-hybridized carbons (Fsp3) is 0.480. The van der Waals surface area contributed by atoms with E-state index >= 15 is 0 Å². The predicted molar refractivity (Wildman–Crippen MR) is 129 cm³/mol. The van der Waals surface area contributed by atoms with E-state index in [9.17, 15) is 24.4 Å². The third kappa shape index (κ3) is 9.38. The standard InChI is InChI=1S/C25H33N5O5/c1-8-16-11-9-10-12-17(16)20(21(32)29-24(2,3)4)30(14-13-26)22(33)18(15-19(27)31)28-23(34)35-25(5,6)7/h1,9-12,18,20H,14-15H2,2-7H3,(H2,27,31)(H,28,34)(H,29,32). The summed E-state index contributed by atoms with van der Waals surface area (Å²) in [4.78, 5) is 52.1. The minimum absolute atomic E-state index is 0.301. The molecule has 0 aliphatic heterocycles. The van der Waals surface area contributed by atoms with E-state index in [0.29, 0.717) is 11.1 Å². The van der Waals surface area contributed by atoms with Gasteiger partial charge in [-0.2, -0.15) is 5.26 Å².